The predicted molar refractivity (Wildman–Crippen MR) is 149 cm³/mol. The van der Waals surface area contributed by atoms with Gasteiger partial charge in [0.25, 0.3) is 0 Å². The molecule has 0 saturated heterocycles. The number of nitrogens with zero attached hydrogens (tertiary/aromatic N) is 1. The van der Waals surface area contributed by atoms with Crippen molar-refractivity contribution < 1.29 is 27.1 Å². The zero-order chi connectivity index (χ0) is 28.9. The fourth-order valence-electron chi connectivity index (χ4n) is 5.84. The van der Waals surface area contributed by atoms with Crippen molar-refractivity contribution in [3.63, 3.8) is 0 Å². The van der Waals surface area contributed by atoms with Crippen LogP contribution in [0.15, 0.2) is 39.8 Å². The standard InChI is InChI=1S/C28H27BrCl3F4NO2/c1-13(2)17-6-4-14(3)8-22(17)39-26(38)23-25(15-5-7-21(33)18(29)9-15)37-12-27(23,28(34,35)36)16-10-19(30)24(32)20(31)11-16/h5,7,9-14,17,22-23,25H,4,6,8H2,1-3H3/t14-,17+,22-,23-,25+,27-/m1/s1. The van der Waals surface area contributed by atoms with E-state index >= 15 is 13.2 Å². The summed E-state index contributed by atoms with van der Waals surface area (Å²) >= 11 is 21.5. The van der Waals surface area contributed by atoms with Crippen molar-refractivity contribution in [1.82, 2.24) is 0 Å². The summed E-state index contributed by atoms with van der Waals surface area (Å²) in [6.45, 7) is 6.06. The molecular formula is C28H27BrCl3F4NO2. The number of hydrogen-bond donors (Lipinski definition) is 0. The van der Waals surface area contributed by atoms with Gasteiger partial charge in [-0.15, -0.1) is 0 Å². The number of benzene rings is 2. The van der Waals surface area contributed by atoms with Gasteiger partial charge in [0.15, 0.2) is 0 Å². The summed E-state index contributed by atoms with van der Waals surface area (Å²) in [5.41, 5.74) is -3.10. The molecule has 0 amide bonds. The van der Waals surface area contributed by atoms with Crippen molar-refractivity contribution in [2.24, 2.45) is 28.7 Å². The maximum Gasteiger partial charge on any atom is 0.404 e. The fourth-order valence-corrected chi connectivity index (χ4v) is 6.83. The number of rotatable bonds is 5. The molecule has 39 heavy (non-hydrogen) atoms. The maximum absolute atomic E-state index is 15.3. The van der Waals surface area contributed by atoms with E-state index in [0.717, 1.165) is 37.3 Å². The Labute approximate surface area is 248 Å². The van der Waals surface area contributed by atoms with E-state index in [-0.39, 0.29) is 48.4 Å². The van der Waals surface area contributed by atoms with E-state index in [1.54, 1.807) is 0 Å². The van der Waals surface area contributed by atoms with Crippen LogP contribution in [0.4, 0.5) is 17.6 Å². The van der Waals surface area contributed by atoms with E-state index in [9.17, 15) is 9.18 Å². The molecule has 2 aromatic carbocycles. The highest BCUT2D eigenvalue weighted by Crippen LogP contribution is 2.56. The monoisotopic (exact) mass is 669 g/mol. The van der Waals surface area contributed by atoms with Crippen LogP contribution in [-0.2, 0) is 14.9 Å². The minimum Gasteiger partial charge on any atom is -0.462 e. The number of alkyl halides is 3. The minimum absolute atomic E-state index is 0.00518. The minimum atomic E-state index is -5.01. The van der Waals surface area contributed by atoms with Crippen LogP contribution in [0.5, 0.6) is 0 Å². The second kappa shape index (κ2) is 11.5. The van der Waals surface area contributed by atoms with Gasteiger partial charge < -0.3 is 4.74 Å². The zero-order valence-corrected chi connectivity index (χ0v) is 25.2. The Balaban J connectivity index is 1.88. The Kier molecular flexibility index (Phi) is 9.02. The molecule has 1 fully saturated rings. The van der Waals surface area contributed by atoms with Gasteiger partial charge in [-0.05, 0) is 81.9 Å². The lowest BCUT2D eigenvalue weighted by Gasteiger charge is -2.40. The third kappa shape index (κ3) is 5.73. The summed E-state index contributed by atoms with van der Waals surface area (Å²) in [6.07, 6.45) is -2.54. The molecule has 0 bridgehead atoms. The molecule has 2 aliphatic rings. The molecule has 3 nitrogen and oxygen atoms in total. The molecule has 0 spiro atoms. The zero-order valence-electron chi connectivity index (χ0n) is 21.3. The van der Waals surface area contributed by atoms with Crippen LogP contribution < -0.4 is 0 Å². The van der Waals surface area contributed by atoms with Gasteiger partial charge in [-0.3, -0.25) is 9.79 Å². The Bertz CT molecular complexity index is 1260. The largest absolute Gasteiger partial charge is 0.462 e. The molecule has 212 valence electrons. The van der Waals surface area contributed by atoms with Gasteiger partial charge in [-0.25, -0.2) is 4.39 Å². The molecule has 1 heterocycles. The fraction of sp³-hybridized carbons (Fsp3) is 0.500. The third-order valence-corrected chi connectivity index (χ3v) is 9.75. The molecule has 0 radical (unpaired) electrons. The van der Waals surface area contributed by atoms with Crippen LogP contribution in [0.1, 0.15) is 57.2 Å². The van der Waals surface area contributed by atoms with Gasteiger partial charge in [0.2, 0.25) is 0 Å². The highest BCUT2D eigenvalue weighted by atomic mass is 79.9. The Morgan fingerprint density at radius 2 is 1.77 bits per heavy atom. The average molecular weight is 672 g/mol. The van der Waals surface area contributed by atoms with Gasteiger partial charge in [-0.2, -0.15) is 13.2 Å². The van der Waals surface area contributed by atoms with Crippen molar-refractivity contribution in [2.75, 3.05) is 0 Å². The number of aliphatic imine (C=N–C) groups is 1. The van der Waals surface area contributed by atoms with Crippen molar-refractivity contribution in [1.29, 1.82) is 0 Å². The van der Waals surface area contributed by atoms with Crippen LogP contribution in [0, 0.1) is 29.5 Å². The molecule has 2 aromatic rings. The molecule has 1 aliphatic carbocycles. The molecule has 4 rings (SSSR count). The van der Waals surface area contributed by atoms with Crippen molar-refractivity contribution in [3.8, 4) is 0 Å². The normalized spacial score (nSPS) is 29.2. The first-order chi connectivity index (χ1) is 18.2. The molecule has 6 atom stereocenters. The van der Waals surface area contributed by atoms with E-state index in [2.05, 4.69) is 20.9 Å². The van der Waals surface area contributed by atoms with Gasteiger partial charge >= 0.3 is 12.1 Å². The topological polar surface area (TPSA) is 38.7 Å². The number of halogens is 8. The predicted octanol–water partition coefficient (Wildman–Crippen LogP) is 9.79. The number of esters is 1. The summed E-state index contributed by atoms with van der Waals surface area (Å²) in [4.78, 5) is 18.2. The van der Waals surface area contributed by atoms with Crippen LogP contribution >= 0.6 is 50.7 Å². The van der Waals surface area contributed by atoms with Gasteiger partial charge in [-0.1, -0.05) is 68.1 Å². The SMILES string of the molecule is CC(C)[C@@H]1CC[C@@H](C)C[C@H]1OC(=O)[C@H]1[C@H](c2ccc(F)c(Br)c2)N=C[C@]1(c1cc(Cl)c(Cl)c(Cl)c1)C(F)(F)F. The smallest absolute Gasteiger partial charge is 0.404 e. The highest BCUT2D eigenvalue weighted by molar-refractivity contribution is 9.10. The Hall–Kier alpha value is -1.35. The number of carbonyl (C=O) groups is 1. The van der Waals surface area contributed by atoms with E-state index in [0.29, 0.717) is 6.42 Å². The second-order valence-corrected chi connectivity index (χ2v) is 12.8. The first-order valence-corrected chi connectivity index (χ1v) is 14.5. The van der Waals surface area contributed by atoms with E-state index in [1.807, 2.05) is 20.8 Å². The van der Waals surface area contributed by atoms with Gasteiger partial charge in [0.1, 0.15) is 23.3 Å². The highest BCUT2D eigenvalue weighted by Gasteiger charge is 2.67. The summed E-state index contributed by atoms with van der Waals surface area (Å²) in [7, 11) is 0. The van der Waals surface area contributed by atoms with Crippen molar-refractivity contribution in [3.05, 3.63) is 66.8 Å². The van der Waals surface area contributed by atoms with Crippen LogP contribution in [-0.4, -0.2) is 24.5 Å². The summed E-state index contributed by atoms with van der Waals surface area (Å²) < 4.78 is 65.9. The van der Waals surface area contributed by atoms with Crippen LogP contribution in [0.25, 0.3) is 0 Å². The number of hydrogen-bond acceptors (Lipinski definition) is 3. The number of carbonyl (C=O) groups excluding carboxylic acids is 1. The molecular weight excluding hydrogens is 645 g/mol. The first-order valence-electron chi connectivity index (χ1n) is 12.6. The maximum atomic E-state index is 15.3. The molecule has 11 heteroatoms. The lowest BCUT2D eigenvalue weighted by Crippen LogP contribution is -2.53. The van der Waals surface area contributed by atoms with Crippen molar-refractivity contribution >= 4 is 62.9 Å². The second-order valence-electron chi connectivity index (χ2n) is 10.8. The molecule has 0 unspecified atom stereocenters. The molecule has 1 saturated carbocycles. The quantitative estimate of drug-likeness (QED) is 0.180. The molecule has 0 N–H and O–H groups in total. The van der Waals surface area contributed by atoms with E-state index in [1.165, 1.54) is 12.1 Å². The summed E-state index contributed by atoms with van der Waals surface area (Å²) in [6, 6.07) is 4.54. The lowest BCUT2D eigenvalue weighted by atomic mass is 9.68. The summed E-state index contributed by atoms with van der Waals surface area (Å²) in [5.74, 6) is -3.09. The Morgan fingerprint density at radius 3 is 2.33 bits per heavy atom. The summed E-state index contributed by atoms with van der Waals surface area (Å²) in [5, 5.41) is -0.502. The van der Waals surface area contributed by atoms with E-state index < -0.39 is 41.4 Å². The third-order valence-electron chi connectivity index (χ3n) is 7.94. The molecule has 0 aromatic heterocycles. The average Bonchev–Trinajstić information content (AvgIpc) is 3.26. The van der Waals surface area contributed by atoms with Gasteiger partial charge in [0, 0.05) is 6.21 Å². The van der Waals surface area contributed by atoms with Gasteiger partial charge in [0.05, 0.1) is 25.6 Å². The molecule has 1 aliphatic heterocycles. The number of ether oxygens (including phenoxy) is 1. The van der Waals surface area contributed by atoms with Crippen molar-refractivity contribution in [2.45, 2.75) is 63.8 Å². The van der Waals surface area contributed by atoms with Crippen LogP contribution in [0.3, 0.4) is 0 Å². The van der Waals surface area contributed by atoms with Crippen LogP contribution in [0.2, 0.25) is 15.1 Å². The lowest BCUT2D eigenvalue weighted by molar-refractivity contribution is -0.197. The first kappa shape index (κ1) is 30.6. The van der Waals surface area contributed by atoms with E-state index in [4.69, 9.17) is 39.5 Å². The Morgan fingerprint density at radius 1 is 1.13 bits per heavy atom.